The van der Waals surface area contributed by atoms with Crippen molar-refractivity contribution in [2.45, 2.75) is 57.0 Å². The monoisotopic (exact) mass is 372 g/mol. The number of benzene rings is 1. The minimum atomic E-state index is -0.502. The van der Waals surface area contributed by atoms with E-state index in [1.54, 1.807) is 9.80 Å². The zero-order valence-corrected chi connectivity index (χ0v) is 15.9. The van der Waals surface area contributed by atoms with Gasteiger partial charge in [0.2, 0.25) is 11.8 Å². The second-order valence-electron chi connectivity index (χ2n) is 7.30. The summed E-state index contributed by atoms with van der Waals surface area (Å²) in [5.41, 5.74) is 1.22. The van der Waals surface area contributed by atoms with Gasteiger partial charge in [-0.15, -0.1) is 0 Å². The summed E-state index contributed by atoms with van der Waals surface area (Å²) in [5.74, 6) is -0.424. The molecule has 2 aliphatic rings. The van der Waals surface area contributed by atoms with Gasteiger partial charge in [-0.05, 0) is 44.1 Å². The molecule has 0 spiro atoms. The third kappa shape index (κ3) is 4.49. The van der Waals surface area contributed by atoms with Crippen molar-refractivity contribution < 1.29 is 19.1 Å². The molecule has 2 aliphatic heterocycles. The van der Waals surface area contributed by atoms with Crippen LogP contribution in [0.15, 0.2) is 30.3 Å². The first kappa shape index (κ1) is 19.4. The molecule has 2 fully saturated rings. The number of carbonyl (C=O) groups is 3. The van der Waals surface area contributed by atoms with E-state index in [1.165, 1.54) is 12.7 Å². The fraction of sp³-hybridized carbons (Fsp3) is 0.571. The van der Waals surface area contributed by atoms with Crippen molar-refractivity contribution in [3.05, 3.63) is 35.9 Å². The molecule has 0 saturated carbocycles. The van der Waals surface area contributed by atoms with Crippen LogP contribution in [-0.4, -0.2) is 59.9 Å². The molecule has 3 rings (SSSR count). The Morgan fingerprint density at radius 1 is 1.00 bits per heavy atom. The summed E-state index contributed by atoms with van der Waals surface area (Å²) < 4.78 is 4.83. The lowest BCUT2D eigenvalue weighted by atomic mass is 10.1. The fourth-order valence-corrected chi connectivity index (χ4v) is 4.16. The number of nitrogens with zero attached hydrogens (tertiary/aromatic N) is 2. The lowest BCUT2D eigenvalue weighted by Crippen LogP contribution is -2.51. The van der Waals surface area contributed by atoms with Gasteiger partial charge in [0, 0.05) is 19.5 Å². The molecule has 2 saturated heterocycles. The smallest absolute Gasteiger partial charge is 0.328 e. The molecule has 2 amide bonds. The van der Waals surface area contributed by atoms with E-state index in [0.29, 0.717) is 32.4 Å². The average molecular weight is 372 g/mol. The van der Waals surface area contributed by atoms with Crippen molar-refractivity contribution in [3.63, 3.8) is 0 Å². The minimum Gasteiger partial charge on any atom is -0.467 e. The summed E-state index contributed by atoms with van der Waals surface area (Å²) >= 11 is 0. The maximum absolute atomic E-state index is 13.0. The standard InChI is InChI=1S/C21H28N2O4/c1-27-21(26)18-12-7-15-23(18)20(25)17-11-6-14-22(17)19(24)13-5-10-16-8-3-2-4-9-16/h2-4,8-9,17-18H,5-7,10-15H2,1H3/t17-,18-/m0/s1. The molecule has 0 N–H and O–H groups in total. The molecule has 1 aromatic rings. The minimum absolute atomic E-state index is 0.0376. The fourth-order valence-electron chi connectivity index (χ4n) is 4.16. The number of esters is 1. The third-order valence-electron chi connectivity index (χ3n) is 5.57. The molecule has 146 valence electrons. The van der Waals surface area contributed by atoms with Crippen LogP contribution in [-0.2, 0) is 25.5 Å². The Labute approximate surface area is 160 Å². The van der Waals surface area contributed by atoms with E-state index in [0.717, 1.165) is 25.7 Å². The van der Waals surface area contributed by atoms with Gasteiger partial charge in [0.1, 0.15) is 12.1 Å². The van der Waals surface area contributed by atoms with Crippen LogP contribution in [0.25, 0.3) is 0 Å². The van der Waals surface area contributed by atoms with Gasteiger partial charge in [0.05, 0.1) is 7.11 Å². The first-order valence-electron chi connectivity index (χ1n) is 9.83. The normalized spacial score (nSPS) is 22.1. The summed E-state index contributed by atoms with van der Waals surface area (Å²) in [6, 6.07) is 9.17. The number of hydrogen-bond donors (Lipinski definition) is 0. The molecule has 0 aliphatic carbocycles. The predicted molar refractivity (Wildman–Crippen MR) is 101 cm³/mol. The molecule has 0 radical (unpaired) electrons. The number of aryl methyl sites for hydroxylation is 1. The molecule has 2 atom stereocenters. The summed E-state index contributed by atoms with van der Waals surface area (Å²) in [6.07, 6.45) is 5.01. The van der Waals surface area contributed by atoms with Gasteiger partial charge in [-0.25, -0.2) is 4.79 Å². The van der Waals surface area contributed by atoms with Crippen LogP contribution in [0.2, 0.25) is 0 Å². The van der Waals surface area contributed by atoms with Crippen LogP contribution < -0.4 is 0 Å². The molecule has 0 aromatic heterocycles. The van der Waals surface area contributed by atoms with Crippen LogP contribution >= 0.6 is 0 Å². The molecule has 2 heterocycles. The zero-order chi connectivity index (χ0) is 19.2. The second kappa shape index (κ2) is 9.02. The maximum Gasteiger partial charge on any atom is 0.328 e. The SMILES string of the molecule is COC(=O)[C@@H]1CCCN1C(=O)[C@@H]1CCCN1C(=O)CCCc1ccccc1. The van der Waals surface area contributed by atoms with Gasteiger partial charge in [0.25, 0.3) is 0 Å². The predicted octanol–water partition coefficient (Wildman–Crippen LogP) is 2.16. The second-order valence-corrected chi connectivity index (χ2v) is 7.30. The molecule has 27 heavy (non-hydrogen) atoms. The van der Waals surface area contributed by atoms with Crippen LogP contribution in [0, 0.1) is 0 Å². The lowest BCUT2D eigenvalue weighted by molar-refractivity contribution is -0.153. The van der Waals surface area contributed by atoms with Crippen LogP contribution in [0.5, 0.6) is 0 Å². The van der Waals surface area contributed by atoms with E-state index >= 15 is 0 Å². The van der Waals surface area contributed by atoms with E-state index in [9.17, 15) is 14.4 Å². The quantitative estimate of drug-likeness (QED) is 0.718. The highest BCUT2D eigenvalue weighted by molar-refractivity contribution is 5.91. The van der Waals surface area contributed by atoms with Gasteiger partial charge in [0.15, 0.2) is 0 Å². The van der Waals surface area contributed by atoms with E-state index in [1.807, 2.05) is 18.2 Å². The van der Waals surface area contributed by atoms with Crippen molar-refractivity contribution in [1.29, 1.82) is 0 Å². The topological polar surface area (TPSA) is 66.9 Å². The summed E-state index contributed by atoms with van der Waals surface area (Å²) in [7, 11) is 1.35. The zero-order valence-electron chi connectivity index (χ0n) is 15.9. The van der Waals surface area contributed by atoms with Gasteiger partial charge in [-0.1, -0.05) is 30.3 Å². The van der Waals surface area contributed by atoms with E-state index in [-0.39, 0.29) is 17.8 Å². The Morgan fingerprint density at radius 3 is 2.37 bits per heavy atom. The van der Waals surface area contributed by atoms with Crippen LogP contribution in [0.4, 0.5) is 0 Å². The summed E-state index contributed by atoms with van der Waals surface area (Å²) in [5, 5.41) is 0. The van der Waals surface area contributed by atoms with Crippen molar-refractivity contribution in [2.24, 2.45) is 0 Å². The Hall–Kier alpha value is -2.37. The summed E-state index contributed by atoms with van der Waals surface area (Å²) in [6.45, 7) is 1.18. The Balaban J connectivity index is 1.56. The van der Waals surface area contributed by atoms with Gasteiger partial charge >= 0.3 is 5.97 Å². The molecule has 0 bridgehead atoms. The van der Waals surface area contributed by atoms with Crippen LogP contribution in [0.3, 0.4) is 0 Å². The first-order valence-corrected chi connectivity index (χ1v) is 9.83. The number of ether oxygens (including phenoxy) is 1. The number of likely N-dealkylation sites (tertiary alicyclic amines) is 2. The first-order chi connectivity index (χ1) is 13.1. The Kier molecular flexibility index (Phi) is 6.48. The van der Waals surface area contributed by atoms with E-state index < -0.39 is 12.1 Å². The highest BCUT2D eigenvalue weighted by Crippen LogP contribution is 2.26. The molecule has 6 nitrogen and oxygen atoms in total. The van der Waals surface area contributed by atoms with E-state index in [4.69, 9.17) is 4.74 Å². The Bertz CT molecular complexity index is 676. The highest BCUT2D eigenvalue weighted by Gasteiger charge is 2.42. The third-order valence-corrected chi connectivity index (χ3v) is 5.57. The molecule has 1 aromatic carbocycles. The van der Waals surface area contributed by atoms with Crippen molar-refractivity contribution in [3.8, 4) is 0 Å². The average Bonchev–Trinajstić information content (AvgIpc) is 3.37. The number of methoxy groups -OCH3 is 1. The lowest BCUT2D eigenvalue weighted by Gasteiger charge is -2.30. The molecule has 0 unspecified atom stereocenters. The van der Waals surface area contributed by atoms with Gasteiger partial charge < -0.3 is 14.5 Å². The number of rotatable bonds is 6. The maximum atomic E-state index is 13.0. The summed E-state index contributed by atoms with van der Waals surface area (Å²) in [4.78, 5) is 41.0. The highest BCUT2D eigenvalue weighted by atomic mass is 16.5. The van der Waals surface area contributed by atoms with Crippen molar-refractivity contribution in [1.82, 2.24) is 9.80 Å². The largest absolute Gasteiger partial charge is 0.467 e. The number of amides is 2. The molecular formula is C21H28N2O4. The number of carbonyl (C=O) groups excluding carboxylic acids is 3. The van der Waals surface area contributed by atoms with Crippen molar-refractivity contribution >= 4 is 17.8 Å². The Morgan fingerprint density at radius 2 is 1.67 bits per heavy atom. The van der Waals surface area contributed by atoms with Crippen molar-refractivity contribution in [2.75, 3.05) is 20.2 Å². The van der Waals surface area contributed by atoms with Gasteiger partial charge in [-0.2, -0.15) is 0 Å². The van der Waals surface area contributed by atoms with Gasteiger partial charge in [-0.3, -0.25) is 9.59 Å². The van der Waals surface area contributed by atoms with Crippen LogP contribution in [0.1, 0.15) is 44.1 Å². The van der Waals surface area contributed by atoms with E-state index in [2.05, 4.69) is 12.1 Å². The number of hydrogen-bond acceptors (Lipinski definition) is 4. The molecular weight excluding hydrogens is 344 g/mol. The molecule has 6 heteroatoms.